The molecule has 0 saturated heterocycles. The summed E-state index contributed by atoms with van der Waals surface area (Å²) < 4.78 is 1.66. The number of nitrogens with zero attached hydrogens (tertiary/aromatic N) is 3. The Morgan fingerprint density at radius 2 is 2.04 bits per heavy atom. The number of benzene rings is 1. The van der Waals surface area contributed by atoms with E-state index in [0.717, 1.165) is 11.1 Å². The van der Waals surface area contributed by atoms with E-state index >= 15 is 0 Å². The van der Waals surface area contributed by atoms with Crippen LogP contribution in [0.4, 0.5) is 4.79 Å². The number of nitrogens with one attached hydrogen (secondary N) is 2. The summed E-state index contributed by atoms with van der Waals surface area (Å²) in [6.45, 7) is 0.829. The molecule has 7 heteroatoms. The summed E-state index contributed by atoms with van der Waals surface area (Å²) in [4.78, 5) is 16.3. The molecule has 128 valence electrons. The fourth-order valence-electron chi connectivity index (χ4n) is 2.44. The zero-order valence-electron chi connectivity index (χ0n) is 13.6. The Morgan fingerprint density at radius 3 is 2.84 bits per heavy atom. The number of aromatic hydroxyl groups is 1. The SMILES string of the molecule is O=C(NCCc1cccc(O)c1)NCc1cccnc1-n1cccn1. The molecule has 0 saturated carbocycles. The van der Waals surface area contributed by atoms with Crippen LogP contribution in [-0.4, -0.2) is 32.4 Å². The summed E-state index contributed by atoms with van der Waals surface area (Å²) in [5.41, 5.74) is 1.84. The van der Waals surface area contributed by atoms with E-state index in [1.54, 1.807) is 41.5 Å². The van der Waals surface area contributed by atoms with E-state index < -0.39 is 0 Å². The van der Waals surface area contributed by atoms with Gasteiger partial charge < -0.3 is 15.7 Å². The Labute approximate surface area is 145 Å². The molecule has 0 atom stereocenters. The third kappa shape index (κ3) is 4.57. The van der Waals surface area contributed by atoms with Gasteiger partial charge in [0.2, 0.25) is 0 Å². The summed E-state index contributed by atoms with van der Waals surface area (Å²) in [7, 11) is 0. The highest BCUT2D eigenvalue weighted by Crippen LogP contribution is 2.11. The van der Waals surface area contributed by atoms with Gasteiger partial charge >= 0.3 is 6.03 Å². The normalized spacial score (nSPS) is 10.4. The number of amides is 2. The van der Waals surface area contributed by atoms with Gasteiger partial charge in [-0.2, -0.15) is 5.10 Å². The summed E-state index contributed by atoms with van der Waals surface area (Å²) in [5.74, 6) is 0.914. The quantitative estimate of drug-likeness (QED) is 0.642. The maximum absolute atomic E-state index is 12.0. The number of phenolic OH excluding ortho intramolecular Hbond substituents is 1. The van der Waals surface area contributed by atoms with Crippen molar-refractivity contribution in [1.29, 1.82) is 0 Å². The zero-order chi connectivity index (χ0) is 17.5. The van der Waals surface area contributed by atoms with E-state index in [2.05, 4.69) is 20.7 Å². The Balaban J connectivity index is 1.50. The predicted octanol–water partition coefficient (Wildman–Crippen LogP) is 2.01. The number of aromatic nitrogens is 3. The van der Waals surface area contributed by atoms with Crippen LogP contribution < -0.4 is 10.6 Å². The molecule has 3 N–H and O–H groups in total. The molecule has 0 spiro atoms. The molecule has 0 radical (unpaired) electrons. The van der Waals surface area contributed by atoms with Gasteiger partial charge in [-0.05, 0) is 36.2 Å². The molecular weight excluding hydrogens is 318 g/mol. The molecule has 0 aliphatic heterocycles. The van der Waals surface area contributed by atoms with Crippen molar-refractivity contribution in [2.24, 2.45) is 0 Å². The van der Waals surface area contributed by atoms with Gasteiger partial charge in [-0.15, -0.1) is 0 Å². The predicted molar refractivity (Wildman–Crippen MR) is 93.4 cm³/mol. The highest BCUT2D eigenvalue weighted by atomic mass is 16.3. The lowest BCUT2D eigenvalue weighted by molar-refractivity contribution is 0.240. The van der Waals surface area contributed by atoms with Gasteiger partial charge in [0, 0.05) is 37.2 Å². The highest BCUT2D eigenvalue weighted by Gasteiger charge is 2.07. The third-order valence-electron chi connectivity index (χ3n) is 3.64. The first-order valence-electron chi connectivity index (χ1n) is 7.96. The monoisotopic (exact) mass is 337 g/mol. The first-order valence-corrected chi connectivity index (χ1v) is 7.96. The minimum atomic E-state index is -0.254. The first kappa shape index (κ1) is 16.5. The second kappa shape index (κ2) is 7.96. The number of pyridine rings is 1. The summed E-state index contributed by atoms with van der Waals surface area (Å²) in [6, 6.07) is 12.3. The Kier molecular flexibility index (Phi) is 5.26. The van der Waals surface area contributed by atoms with Crippen LogP contribution in [0.3, 0.4) is 0 Å². The van der Waals surface area contributed by atoms with Gasteiger partial charge in [0.25, 0.3) is 0 Å². The van der Waals surface area contributed by atoms with Crippen molar-refractivity contribution >= 4 is 6.03 Å². The van der Waals surface area contributed by atoms with Crippen LogP contribution in [0.5, 0.6) is 5.75 Å². The Hall–Kier alpha value is -3.35. The molecular formula is C18H19N5O2. The molecule has 2 heterocycles. The smallest absolute Gasteiger partial charge is 0.315 e. The minimum Gasteiger partial charge on any atom is -0.508 e. The lowest BCUT2D eigenvalue weighted by Crippen LogP contribution is -2.36. The van der Waals surface area contributed by atoms with Crippen LogP contribution in [-0.2, 0) is 13.0 Å². The zero-order valence-corrected chi connectivity index (χ0v) is 13.6. The topological polar surface area (TPSA) is 92.1 Å². The number of phenols is 1. The van der Waals surface area contributed by atoms with Crippen molar-refractivity contribution in [1.82, 2.24) is 25.4 Å². The van der Waals surface area contributed by atoms with E-state index in [0.29, 0.717) is 25.3 Å². The fraction of sp³-hybridized carbons (Fsp3) is 0.167. The van der Waals surface area contributed by atoms with Crippen LogP contribution in [0.25, 0.3) is 5.82 Å². The highest BCUT2D eigenvalue weighted by molar-refractivity contribution is 5.73. The van der Waals surface area contributed by atoms with Crippen LogP contribution in [0.15, 0.2) is 61.1 Å². The molecule has 7 nitrogen and oxygen atoms in total. The van der Waals surface area contributed by atoms with Gasteiger partial charge in [-0.1, -0.05) is 18.2 Å². The molecule has 2 amide bonds. The number of rotatable bonds is 6. The lowest BCUT2D eigenvalue weighted by atomic mass is 10.1. The summed E-state index contributed by atoms with van der Waals surface area (Å²) in [5, 5.41) is 19.2. The molecule has 0 unspecified atom stereocenters. The van der Waals surface area contributed by atoms with Crippen molar-refractivity contribution in [3.8, 4) is 11.6 Å². The van der Waals surface area contributed by atoms with Crippen molar-refractivity contribution in [2.75, 3.05) is 6.54 Å². The molecule has 0 aliphatic carbocycles. The molecule has 25 heavy (non-hydrogen) atoms. The molecule has 2 aromatic heterocycles. The lowest BCUT2D eigenvalue weighted by Gasteiger charge is -2.10. The Bertz CT molecular complexity index is 833. The first-order chi connectivity index (χ1) is 12.2. The van der Waals surface area contributed by atoms with Gasteiger partial charge in [0.05, 0.1) is 0 Å². The van der Waals surface area contributed by atoms with E-state index in [-0.39, 0.29) is 11.8 Å². The molecule has 3 aromatic rings. The molecule has 0 bridgehead atoms. The number of urea groups is 1. The third-order valence-corrected chi connectivity index (χ3v) is 3.64. The molecule has 3 rings (SSSR count). The van der Waals surface area contributed by atoms with Crippen molar-refractivity contribution < 1.29 is 9.90 Å². The second-order valence-corrected chi connectivity index (χ2v) is 5.47. The average molecular weight is 337 g/mol. The van der Waals surface area contributed by atoms with Crippen LogP contribution in [0.2, 0.25) is 0 Å². The maximum Gasteiger partial charge on any atom is 0.315 e. The maximum atomic E-state index is 12.0. The summed E-state index contributed by atoms with van der Waals surface area (Å²) >= 11 is 0. The van der Waals surface area contributed by atoms with Gasteiger partial charge in [-0.3, -0.25) is 0 Å². The van der Waals surface area contributed by atoms with E-state index in [4.69, 9.17) is 0 Å². The molecule has 1 aromatic carbocycles. The Morgan fingerprint density at radius 1 is 1.12 bits per heavy atom. The number of hydrogen-bond acceptors (Lipinski definition) is 4. The summed E-state index contributed by atoms with van der Waals surface area (Å²) in [6.07, 6.45) is 5.82. The van der Waals surface area contributed by atoms with Crippen LogP contribution in [0.1, 0.15) is 11.1 Å². The fourth-order valence-corrected chi connectivity index (χ4v) is 2.44. The van der Waals surface area contributed by atoms with Gasteiger partial charge in [0.1, 0.15) is 5.75 Å². The second-order valence-electron chi connectivity index (χ2n) is 5.47. The van der Waals surface area contributed by atoms with Crippen molar-refractivity contribution in [3.05, 3.63) is 72.2 Å². The largest absolute Gasteiger partial charge is 0.508 e. The minimum absolute atomic E-state index is 0.227. The van der Waals surface area contributed by atoms with Crippen molar-refractivity contribution in [2.45, 2.75) is 13.0 Å². The van der Waals surface area contributed by atoms with Crippen LogP contribution >= 0.6 is 0 Å². The average Bonchev–Trinajstić information content (AvgIpc) is 3.15. The molecule has 0 aliphatic rings. The number of carbonyl (C=O) groups is 1. The van der Waals surface area contributed by atoms with Crippen LogP contribution in [0, 0.1) is 0 Å². The van der Waals surface area contributed by atoms with E-state index in [1.165, 1.54) is 0 Å². The number of hydrogen-bond donors (Lipinski definition) is 3. The van der Waals surface area contributed by atoms with Crippen molar-refractivity contribution in [3.63, 3.8) is 0 Å². The van der Waals surface area contributed by atoms with E-state index in [9.17, 15) is 9.90 Å². The van der Waals surface area contributed by atoms with E-state index in [1.807, 2.05) is 24.3 Å². The van der Waals surface area contributed by atoms with Gasteiger partial charge in [0.15, 0.2) is 5.82 Å². The number of carbonyl (C=O) groups excluding carboxylic acids is 1. The standard InChI is InChI=1S/C18H19N5O2/c24-16-6-1-4-14(12-16)7-10-20-18(25)21-13-15-5-2-8-19-17(15)23-11-3-9-22-23/h1-6,8-9,11-12,24H,7,10,13H2,(H2,20,21,25). The molecule has 0 fully saturated rings. The van der Waals surface area contributed by atoms with Gasteiger partial charge in [-0.25, -0.2) is 14.5 Å².